The van der Waals surface area contributed by atoms with E-state index in [0.717, 1.165) is 18.0 Å². The van der Waals surface area contributed by atoms with E-state index in [1.807, 2.05) is 6.07 Å². The van der Waals surface area contributed by atoms with Gasteiger partial charge in [-0.15, -0.1) is 23.1 Å². The van der Waals surface area contributed by atoms with E-state index >= 15 is 0 Å². The van der Waals surface area contributed by atoms with Gasteiger partial charge in [-0.3, -0.25) is 4.79 Å². The summed E-state index contributed by atoms with van der Waals surface area (Å²) < 4.78 is 0. The van der Waals surface area contributed by atoms with Crippen molar-refractivity contribution in [1.29, 1.82) is 0 Å². The Morgan fingerprint density at radius 1 is 1.56 bits per heavy atom. The van der Waals surface area contributed by atoms with Crippen molar-refractivity contribution in [1.82, 2.24) is 15.3 Å². The maximum Gasteiger partial charge on any atom is 0.230 e. The molecule has 1 amide bonds. The summed E-state index contributed by atoms with van der Waals surface area (Å²) in [5.74, 6) is 2.41. The fourth-order valence-electron chi connectivity index (χ4n) is 1.45. The van der Waals surface area contributed by atoms with Gasteiger partial charge >= 0.3 is 0 Å². The highest BCUT2D eigenvalue weighted by atomic mass is 32.2. The zero-order valence-corrected chi connectivity index (χ0v) is 11.5. The molecule has 0 spiro atoms. The second kappa shape index (κ2) is 7.23. The van der Waals surface area contributed by atoms with Gasteiger partial charge in [0.15, 0.2) is 0 Å². The second-order valence-corrected chi connectivity index (χ2v) is 5.73. The first-order valence-electron chi connectivity index (χ1n) is 5.69. The Kier molecular flexibility index (Phi) is 5.29. The third-order valence-corrected chi connectivity index (χ3v) is 4.34. The monoisotopic (exact) mass is 281 g/mol. The lowest BCUT2D eigenvalue weighted by molar-refractivity contribution is -0.118. The first-order chi connectivity index (χ1) is 8.84. The molecule has 0 saturated carbocycles. The summed E-state index contributed by atoms with van der Waals surface area (Å²) in [6, 6.07) is 4.12. The van der Waals surface area contributed by atoms with Crippen LogP contribution in [0.25, 0.3) is 0 Å². The molecule has 0 unspecified atom stereocenters. The number of rotatable bonds is 7. The van der Waals surface area contributed by atoms with Crippen LogP contribution in [0, 0.1) is 0 Å². The van der Waals surface area contributed by atoms with Crippen molar-refractivity contribution in [3.63, 3.8) is 0 Å². The van der Waals surface area contributed by atoms with Crippen LogP contribution in [-0.4, -0.2) is 28.2 Å². The van der Waals surface area contributed by atoms with Crippen molar-refractivity contribution in [3.8, 4) is 0 Å². The molecule has 0 radical (unpaired) electrons. The summed E-state index contributed by atoms with van der Waals surface area (Å²) in [4.78, 5) is 20.0. The topological polar surface area (TPSA) is 57.8 Å². The van der Waals surface area contributed by atoms with Gasteiger partial charge in [-0.25, -0.2) is 4.98 Å². The number of thioether (sulfide) groups is 1. The molecule has 2 heterocycles. The van der Waals surface area contributed by atoms with Gasteiger partial charge in [0.25, 0.3) is 0 Å². The van der Waals surface area contributed by atoms with Crippen LogP contribution in [0.15, 0.2) is 29.9 Å². The highest BCUT2D eigenvalue weighted by Crippen LogP contribution is 2.16. The molecule has 0 aliphatic carbocycles. The van der Waals surface area contributed by atoms with Crippen LogP contribution in [0.2, 0.25) is 0 Å². The number of nitrogens with one attached hydrogen (secondary N) is 2. The molecule has 0 saturated heterocycles. The minimum atomic E-state index is 0.0862. The lowest BCUT2D eigenvalue weighted by Gasteiger charge is -2.03. The molecule has 4 nitrogen and oxygen atoms in total. The minimum absolute atomic E-state index is 0.0862. The van der Waals surface area contributed by atoms with E-state index in [9.17, 15) is 4.79 Å². The summed E-state index contributed by atoms with van der Waals surface area (Å²) in [5.41, 5.74) is 0. The van der Waals surface area contributed by atoms with Gasteiger partial charge in [0, 0.05) is 36.0 Å². The standard InChI is InChI=1S/C12H15N3OS2/c16-12(9-17-8-10-2-1-7-18-10)15-4-3-11-13-5-6-14-11/h1-2,5-7H,3-4,8-9H2,(H,13,14)(H,15,16). The number of imidazole rings is 1. The SMILES string of the molecule is O=C(CSCc1cccs1)NCCc1ncc[nH]1. The highest BCUT2D eigenvalue weighted by molar-refractivity contribution is 7.99. The van der Waals surface area contributed by atoms with Gasteiger partial charge in [-0.1, -0.05) is 6.07 Å². The van der Waals surface area contributed by atoms with Gasteiger partial charge in [0.1, 0.15) is 5.82 Å². The van der Waals surface area contributed by atoms with Crippen LogP contribution < -0.4 is 5.32 Å². The summed E-state index contributed by atoms with van der Waals surface area (Å²) in [5, 5.41) is 4.94. The molecule has 96 valence electrons. The molecule has 0 aliphatic heterocycles. The van der Waals surface area contributed by atoms with Crippen molar-refractivity contribution >= 4 is 29.0 Å². The zero-order chi connectivity index (χ0) is 12.6. The molecule has 0 fully saturated rings. The third kappa shape index (κ3) is 4.54. The number of aromatic amines is 1. The number of nitrogens with zero attached hydrogens (tertiary/aromatic N) is 1. The van der Waals surface area contributed by atoms with Crippen LogP contribution in [0.4, 0.5) is 0 Å². The second-order valence-electron chi connectivity index (χ2n) is 3.71. The summed E-state index contributed by atoms with van der Waals surface area (Å²) >= 11 is 3.37. The molecule has 6 heteroatoms. The Morgan fingerprint density at radius 3 is 3.22 bits per heavy atom. The number of carbonyl (C=O) groups is 1. The number of carbonyl (C=O) groups excluding carboxylic acids is 1. The number of aromatic nitrogens is 2. The predicted molar refractivity (Wildman–Crippen MR) is 75.8 cm³/mol. The number of hydrogen-bond acceptors (Lipinski definition) is 4. The third-order valence-electron chi connectivity index (χ3n) is 2.30. The van der Waals surface area contributed by atoms with E-state index in [1.54, 1.807) is 35.5 Å². The normalized spacial score (nSPS) is 10.4. The van der Waals surface area contributed by atoms with Crippen LogP contribution in [-0.2, 0) is 17.0 Å². The van der Waals surface area contributed by atoms with Gasteiger partial charge in [0.2, 0.25) is 5.91 Å². The first-order valence-corrected chi connectivity index (χ1v) is 7.73. The molecule has 18 heavy (non-hydrogen) atoms. The van der Waals surface area contributed by atoms with Gasteiger partial charge in [-0.05, 0) is 11.4 Å². The molecular formula is C12H15N3OS2. The Labute approximate surface area is 114 Å². The van der Waals surface area contributed by atoms with E-state index < -0.39 is 0 Å². The lowest BCUT2D eigenvalue weighted by Crippen LogP contribution is -2.27. The molecule has 0 aromatic carbocycles. The molecular weight excluding hydrogens is 266 g/mol. The van der Waals surface area contributed by atoms with Crippen LogP contribution in [0.1, 0.15) is 10.7 Å². The van der Waals surface area contributed by atoms with Crippen molar-refractivity contribution in [2.45, 2.75) is 12.2 Å². The van der Waals surface area contributed by atoms with Gasteiger partial charge in [0.05, 0.1) is 5.75 Å². The quantitative estimate of drug-likeness (QED) is 0.817. The van der Waals surface area contributed by atoms with Crippen molar-refractivity contribution in [3.05, 3.63) is 40.6 Å². The molecule has 2 aromatic rings. The van der Waals surface area contributed by atoms with Crippen molar-refractivity contribution in [2.75, 3.05) is 12.3 Å². The van der Waals surface area contributed by atoms with E-state index in [0.29, 0.717) is 12.3 Å². The maximum atomic E-state index is 11.5. The Hall–Kier alpha value is -1.27. The maximum absolute atomic E-state index is 11.5. The van der Waals surface area contributed by atoms with Crippen molar-refractivity contribution in [2.24, 2.45) is 0 Å². The lowest BCUT2D eigenvalue weighted by atomic mass is 10.4. The number of thiophene rings is 1. The Morgan fingerprint density at radius 2 is 2.50 bits per heavy atom. The fraction of sp³-hybridized carbons (Fsp3) is 0.333. The molecule has 2 N–H and O–H groups in total. The smallest absolute Gasteiger partial charge is 0.230 e. The van der Waals surface area contributed by atoms with E-state index in [1.165, 1.54) is 4.88 Å². The van der Waals surface area contributed by atoms with E-state index in [-0.39, 0.29) is 5.91 Å². The zero-order valence-electron chi connectivity index (χ0n) is 9.89. The summed E-state index contributed by atoms with van der Waals surface area (Å²) in [6.07, 6.45) is 4.25. The summed E-state index contributed by atoms with van der Waals surface area (Å²) in [6.45, 7) is 0.631. The molecule has 2 rings (SSSR count). The van der Waals surface area contributed by atoms with Crippen molar-refractivity contribution < 1.29 is 4.79 Å². The highest BCUT2D eigenvalue weighted by Gasteiger charge is 2.02. The first kappa shape index (κ1) is 13.2. The number of amides is 1. The number of H-pyrrole nitrogens is 1. The summed E-state index contributed by atoms with van der Waals surface area (Å²) in [7, 11) is 0. The van der Waals surface area contributed by atoms with Crippen LogP contribution >= 0.6 is 23.1 Å². The van der Waals surface area contributed by atoms with E-state index in [4.69, 9.17) is 0 Å². The molecule has 2 aromatic heterocycles. The predicted octanol–water partition coefficient (Wildman–Crippen LogP) is 2.06. The number of hydrogen-bond donors (Lipinski definition) is 2. The minimum Gasteiger partial charge on any atom is -0.355 e. The molecule has 0 aliphatic rings. The Balaban J connectivity index is 1.55. The van der Waals surface area contributed by atoms with Crippen LogP contribution in [0.3, 0.4) is 0 Å². The van der Waals surface area contributed by atoms with E-state index in [2.05, 4.69) is 26.7 Å². The average molecular weight is 281 g/mol. The average Bonchev–Trinajstić information content (AvgIpc) is 3.01. The molecule has 0 bridgehead atoms. The van der Waals surface area contributed by atoms with Gasteiger partial charge < -0.3 is 10.3 Å². The fourth-order valence-corrected chi connectivity index (χ4v) is 3.14. The van der Waals surface area contributed by atoms with Gasteiger partial charge in [-0.2, -0.15) is 0 Å². The van der Waals surface area contributed by atoms with Crippen LogP contribution in [0.5, 0.6) is 0 Å². The molecule has 0 atom stereocenters. The largest absolute Gasteiger partial charge is 0.355 e. The Bertz CT molecular complexity index is 411.